The van der Waals surface area contributed by atoms with Gasteiger partial charge in [0.15, 0.2) is 11.5 Å². The van der Waals surface area contributed by atoms with Crippen molar-refractivity contribution in [3.8, 4) is 11.5 Å². The van der Waals surface area contributed by atoms with Crippen molar-refractivity contribution in [1.82, 2.24) is 15.6 Å². The third-order valence-corrected chi connectivity index (χ3v) is 9.53. The molecule has 3 N–H and O–H groups in total. The molecule has 1 atom stereocenters. The number of thioether (sulfide) groups is 1. The maximum atomic E-state index is 13.3. The van der Waals surface area contributed by atoms with Crippen LogP contribution in [0.4, 0.5) is 0 Å². The van der Waals surface area contributed by atoms with Gasteiger partial charge in [-0.25, -0.2) is 0 Å². The zero-order valence-corrected chi connectivity index (χ0v) is 24.7. The van der Waals surface area contributed by atoms with E-state index in [1.54, 1.807) is 6.07 Å². The Morgan fingerprint density at radius 1 is 1.18 bits per heavy atom. The maximum absolute atomic E-state index is 13.3. The molecule has 1 aromatic carbocycles. The van der Waals surface area contributed by atoms with Crippen molar-refractivity contribution < 1.29 is 19.0 Å². The molecule has 1 aliphatic carbocycles. The molecule has 2 aliphatic heterocycles. The largest absolute Gasteiger partial charge is 0.484 e. The van der Waals surface area contributed by atoms with E-state index in [2.05, 4.69) is 22.5 Å². The highest BCUT2D eigenvalue weighted by atomic mass is 35.5. The number of aryl methyl sites for hydroxylation is 1. The van der Waals surface area contributed by atoms with E-state index in [1.807, 2.05) is 26.2 Å². The molecule has 10 heteroatoms. The molecule has 1 aromatic heterocycles. The summed E-state index contributed by atoms with van der Waals surface area (Å²) >= 11 is 8.07. The highest BCUT2D eigenvalue weighted by Gasteiger charge is 2.44. The summed E-state index contributed by atoms with van der Waals surface area (Å²) in [6.07, 6.45) is 6.34. The monoisotopic (exact) mass is 575 g/mol. The number of pyridine rings is 1. The van der Waals surface area contributed by atoms with E-state index in [0.717, 1.165) is 56.0 Å². The van der Waals surface area contributed by atoms with Crippen LogP contribution in [-0.4, -0.2) is 55.2 Å². The Morgan fingerprint density at radius 2 is 1.92 bits per heavy atom. The van der Waals surface area contributed by atoms with E-state index in [-0.39, 0.29) is 18.0 Å². The number of hydrogen-bond donors (Lipinski definition) is 3. The summed E-state index contributed by atoms with van der Waals surface area (Å²) in [5.74, 6) is 1.73. The molecule has 1 saturated heterocycles. The van der Waals surface area contributed by atoms with Crippen LogP contribution in [0.15, 0.2) is 21.8 Å². The number of amides is 1. The first kappa shape index (κ1) is 28.3. The van der Waals surface area contributed by atoms with Crippen LogP contribution < -0.4 is 25.7 Å². The van der Waals surface area contributed by atoms with Gasteiger partial charge < -0.3 is 29.8 Å². The van der Waals surface area contributed by atoms with Gasteiger partial charge in [-0.1, -0.05) is 11.6 Å². The minimum absolute atomic E-state index is 0.111. The Morgan fingerprint density at radius 3 is 2.59 bits per heavy atom. The van der Waals surface area contributed by atoms with Gasteiger partial charge in [-0.2, -0.15) is 0 Å². The number of nitrogens with one attached hydrogen (secondary N) is 3. The average Bonchev–Trinajstić information content (AvgIpc) is 2.89. The summed E-state index contributed by atoms with van der Waals surface area (Å²) in [6, 6.07) is 4.04. The van der Waals surface area contributed by atoms with E-state index < -0.39 is 5.60 Å². The van der Waals surface area contributed by atoms with Crippen LogP contribution in [0.5, 0.6) is 11.5 Å². The van der Waals surface area contributed by atoms with Gasteiger partial charge in [-0.05, 0) is 77.3 Å². The molecule has 0 bridgehead atoms. The van der Waals surface area contributed by atoms with Gasteiger partial charge in [0.1, 0.15) is 12.2 Å². The number of ether oxygens (including phenoxy) is 3. The van der Waals surface area contributed by atoms with Gasteiger partial charge in [-0.3, -0.25) is 9.59 Å². The predicted octanol–water partition coefficient (Wildman–Crippen LogP) is 4.62. The van der Waals surface area contributed by atoms with Gasteiger partial charge in [0.05, 0.1) is 24.3 Å². The number of halogens is 1. The van der Waals surface area contributed by atoms with Crippen LogP contribution in [0.1, 0.15) is 59.8 Å². The Hall–Kier alpha value is -2.20. The SMILES string of the molecule is CSc1cc(C)[nH]c(=O)c1CNC(=O)c1cc(Cl)c2c(c1C)OC(C)([C@H]1CC[C@H](CNC3COC3)CC1)CO2. The first-order valence-electron chi connectivity index (χ1n) is 13.7. The lowest BCUT2D eigenvalue weighted by atomic mass is 9.74. The number of rotatable bonds is 8. The Kier molecular flexibility index (Phi) is 8.52. The Labute approximate surface area is 238 Å². The summed E-state index contributed by atoms with van der Waals surface area (Å²) in [4.78, 5) is 29.5. The second-order valence-electron chi connectivity index (χ2n) is 11.3. The van der Waals surface area contributed by atoms with E-state index in [1.165, 1.54) is 11.8 Å². The van der Waals surface area contributed by atoms with Crippen LogP contribution in [0.3, 0.4) is 0 Å². The highest BCUT2D eigenvalue weighted by Crippen LogP contribution is 2.48. The molecule has 212 valence electrons. The first-order chi connectivity index (χ1) is 18.7. The zero-order valence-electron chi connectivity index (χ0n) is 23.1. The number of H-pyrrole nitrogens is 1. The predicted molar refractivity (Wildman–Crippen MR) is 154 cm³/mol. The first-order valence-corrected chi connectivity index (χ1v) is 15.3. The van der Waals surface area contributed by atoms with Crippen molar-refractivity contribution >= 4 is 29.3 Å². The molecule has 39 heavy (non-hydrogen) atoms. The quantitative estimate of drug-likeness (QED) is 0.395. The molecular formula is C29H38ClN3O5S. The Balaban J connectivity index is 1.27. The van der Waals surface area contributed by atoms with Crippen molar-refractivity contribution in [2.24, 2.45) is 11.8 Å². The fraction of sp³-hybridized carbons (Fsp3) is 0.586. The third-order valence-electron chi connectivity index (χ3n) is 8.44. The minimum Gasteiger partial charge on any atom is -0.484 e. The average molecular weight is 576 g/mol. The summed E-state index contributed by atoms with van der Waals surface area (Å²) < 4.78 is 18.1. The van der Waals surface area contributed by atoms with Crippen molar-refractivity contribution in [3.05, 3.63) is 49.9 Å². The van der Waals surface area contributed by atoms with E-state index >= 15 is 0 Å². The molecular weight excluding hydrogens is 538 g/mol. The molecule has 1 unspecified atom stereocenters. The molecule has 0 radical (unpaired) electrons. The van der Waals surface area contributed by atoms with Gasteiger partial charge in [0.25, 0.3) is 11.5 Å². The van der Waals surface area contributed by atoms with E-state index in [9.17, 15) is 9.59 Å². The smallest absolute Gasteiger partial charge is 0.254 e. The van der Waals surface area contributed by atoms with Crippen LogP contribution in [0.25, 0.3) is 0 Å². The van der Waals surface area contributed by atoms with Gasteiger partial charge in [-0.15, -0.1) is 11.8 Å². The molecule has 2 fully saturated rings. The lowest BCUT2D eigenvalue weighted by molar-refractivity contribution is -0.0556. The molecule has 1 saturated carbocycles. The minimum atomic E-state index is -0.501. The number of fused-ring (bicyclic) bond motifs is 1. The van der Waals surface area contributed by atoms with Crippen LogP contribution in [-0.2, 0) is 11.3 Å². The number of carbonyl (C=O) groups excluding carboxylic acids is 1. The molecule has 1 amide bonds. The van der Waals surface area contributed by atoms with Gasteiger partial charge in [0, 0.05) is 39.7 Å². The zero-order chi connectivity index (χ0) is 27.7. The highest BCUT2D eigenvalue weighted by molar-refractivity contribution is 7.98. The van der Waals surface area contributed by atoms with Crippen molar-refractivity contribution in [3.63, 3.8) is 0 Å². The van der Waals surface area contributed by atoms with Gasteiger partial charge in [0.2, 0.25) is 0 Å². The van der Waals surface area contributed by atoms with E-state index in [0.29, 0.717) is 57.7 Å². The summed E-state index contributed by atoms with van der Waals surface area (Å²) in [5, 5.41) is 6.86. The third kappa shape index (κ3) is 5.97. The normalized spacial score (nSPS) is 24.7. The molecule has 3 heterocycles. The lowest BCUT2D eigenvalue weighted by Gasteiger charge is -2.44. The number of aromatic nitrogens is 1. The number of aromatic amines is 1. The lowest BCUT2D eigenvalue weighted by Crippen LogP contribution is -2.51. The summed E-state index contributed by atoms with van der Waals surface area (Å²) in [6.45, 7) is 9.03. The summed E-state index contributed by atoms with van der Waals surface area (Å²) in [5.41, 5.74) is 1.71. The molecule has 0 spiro atoms. The van der Waals surface area contributed by atoms with E-state index in [4.69, 9.17) is 25.8 Å². The summed E-state index contributed by atoms with van der Waals surface area (Å²) in [7, 11) is 0. The van der Waals surface area contributed by atoms with Crippen molar-refractivity contribution in [2.45, 2.75) is 69.5 Å². The number of hydrogen-bond acceptors (Lipinski definition) is 7. The van der Waals surface area contributed by atoms with Crippen molar-refractivity contribution in [1.29, 1.82) is 0 Å². The van der Waals surface area contributed by atoms with Crippen LogP contribution >= 0.6 is 23.4 Å². The Bertz CT molecular complexity index is 1290. The number of benzene rings is 1. The van der Waals surface area contributed by atoms with Crippen LogP contribution in [0, 0.1) is 25.7 Å². The molecule has 3 aliphatic rings. The standard InChI is InChI=1S/C29H38ClN3O5S/c1-16-9-24(39-4)22(28(35)33-16)12-32-27(34)21-10-23(30)26-25(17(21)2)38-29(3,15-37-26)19-7-5-18(6-8-19)11-31-20-13-36-14-20/h9-10,18-20,31H,5-8,11-15H2,1-4H3,(H,32,34)(H,33,35)/t18-,19-,29?. The fourth-order valence-corrected chi connectivity index (χ4v) is 6.79. The maximum Gasteiger partial charge on any atom is 0.254 e. The van der Waals surface area contributed by atoms with Gasteiger partial charge >= 0.3 is 0 Å². The topological polar surface area (TPSA) is 102 Å². The molecule has 2 aromatic rings. The number of carbonyl (C=O) groups is 1. The van der Waals surface area contributed by atoms with Crippen LogP contribution in [0.2, 0.25) is 5.02 Å². The molecule has 5 rings (SSSR count). The fourth-order valence-electron chi connectivity index (χ4n) is 5.84. The molecule has 8 nitrogen and oxygen atoms in total. The second-order valence-corrected chi connectivity index (χ2v) is 12.5. The van der Waals surface area contributed by atoms with Crippen molar-refractivity contribution in [2.75, 3.05) is 32.6 Å². The second kappa shape index (κ2) is 11.7.